The number of hydrogen-bond acceptors (Lipinski definition) is 1. The van der Waals surface area contributed by atoms with Crippen molar-refractivity contribution in [1.82, 2.24) is 0 Å². The molecule has 9 rings (SSSR count). The molecule has 1 aliphatic carbocycles. The van der Waals surface area contributed by atoms with Crippen LogP contribution >= 0.6 is 0 Å². The molecule has 8 aromatic carbocycles. The summed E-state index contributed by atoms with van der Waals surface area (Å²) < 4.78 is 0. The molecule has 0 heterocycles. The van der Waals surface area contributed by atoms with Gasteiger partial charge in [0.05, 0.1) is 0 Å². The van der Waals surface area contributed by atoms with Gasteiger partial charge in [-0.25, -0.2) is 0 Å². The molecule has 0 aromatic heterocycles. The normalized spacial score (nSPS) is 12.8. The Morgan fingerprint density at radius 2 is 0.860 bits per heavy atom. The first-order chi connectivity index (χ1) is 24.6. The van der Waals surface area contributed by atoms with E-state index in [1.54, 1.807) is 0 Å². The molecule has 0 radical (unpaired) electrons. The quantitative estimate of drug-likeness (QED) is 0.175. The van der Waals surface area contributed by atoms with Crippen LogP contribution in [0.2, 0.25) is 0 Å². The number of rotatable bonds is 6. The minimum Gasteiger partial charge on any atom is -0.310 e. The highest BCUT2D eigenvalue weighted by Crippen LogP contribution is 2.56. The molecule has 0 saturated carbocycles. The molecule has 0 spiro atoms. The Bertz CT molecular complexity index is 2460. The van der Waals surface area contributed by atoms with Crippen molar-refractivity contribution in [2.24, 2.45) is 0 Å². The van der Waals surface area contributed by atoms with Crippen LogP contribution < -0.4 is 4.90 Å². The maximum absolute atomic E-state index is 2.42. The van der Waals surface area contributed by atoms with Crippen molar-refractivity contribution in [3.05, 3.63) is 199 Å². The van der Waals surface area contributed by atoms with Gasteiger partial charge in [0, 0.05) is 22.5 Å². The summed E-state index contributed by atoms with van der Waals surface area (Å²) >= 11 is 0. The summed E-state index contributed by atoms with van der Waals surface area (Å²) in [5.41, 5.74) is 16.1. The first-order valence-corrected chi connectivity index (χ1v) is 17.4. The van der Waals surface area contributed by atoms with Crippen molar-refractivity contribution < 1.29 is 0 Å². The first kappa shape index (κ1) is 29.9. The lowest BCUT2D eigenvalue weighted by molar-refractivity contribution is 0.666. The molecule has 0 saturated heterocycles. The van der Waals surface area contributed by atoms with Crippen LogP contribution in [0, 0.1) is 0 Å². The molecule has 1 heteroatoms. The van der Waals surface area contributed by atoms with E-state index in [2.05, 4.69) is 207 Å². The van der Waals surface area contributed by atoms with Crippen molar-refractivity contribution in [2.75, 3.05) is 4.90 Å². The summed E-state index contributed by atoms with van der Waals surface area (Å²) in [6, 6.07) is 68.4. The molecule has 238 valence electrons. The molecule has 1 nitrogen and oxygen atoms in total. The summed E-state index contributed by atoms with van der Waals surface area (Å²) in [6.45, 7) is 4.78. The summed E-state index contributed by atoms with van der Waals surface area (Å²) in [4.78, 5) is 2.39. The van der Waals surface area contributed by atoms with E-state index in [0.717, 1.165) is 17.1 Å². The molecule has 0 bridgehead atoms. The molecule has 0 aliphatic heterocycles. The minimum absolute atomic E-state index is 0.150. The first-order valence-electron chi connectivity index (χ1n) is 17.4. The van der Waals surface area contributed by atoms with Crippen LogP contribution in [0.5, 0.6) is 0 Å². The third-order valence-electron chi connectivity index (χ3n) is 10.4. The van der Waals surface area contributed by atoms with E-state index >= 15 is 0 Å². The predicted octanol–water partition coefficient (Wildman–Crippen LogP) is 13.6. The lowest BCUT2D eigenvalue weighted by Crippen LogP contribution is -2.16. The van der Waals surface area contributed by atoms with Crippen LogP contribution in [-0.4, -0.2) is 0 Å². The fourth-order valence-corrected chi connectivity index (χ4v) is 7.99. The monoisotopic (exact) mass is 639 g/mol. The number of benzene rings is 8. The van der Waals surface area contributed by atoms with E-state index in [9.17, 15) is 0 Å². The zero-order chi connectivity index (χ0) is 33.7. The zero-order valence-electron chi connectivity index (χ0n) is 28.3. The molecule has 0 N–H and O–H groups in total. The maximum Gasteiger partial charge on any atom is 0.0468 e. The van der Waals surface area contributed by atoms with Crippen molar-refractivity contribution in [1.29, 1.82) is 0 Å². The lowest BCUT2D eigenvalue weighted by atomic mass is 9.79. The number of nitrogens with zero attached hydrogens (tertiary/aromatic N) is 1. The molecule has 1 aliphatic rings. The van der Waals surface area contributed by atoms with Crippen LogP contribution in [-0.2, 0) is 5.41 Å². The molecule has 50 heavy (non-hydrogen) atoms. The Hall–Kier alpha value is -6.18. The Balaban J connectivity index is 1.17. The third kappa shape index (κ3) is 5.02. The third-order valence-corrected chi connectivity index (χ3v) is 10.4. The molecule has 0 unspecified atom stereocenters. The second kappa shape index (κ2) is 12.1. The SMILES string of the molecule is CC1(C)c2ccc(N(c3ccccc3)c3ccc(-c4ccc(-c5ccccc5)cc4)cc3)cc2-c2c(-c3ccccc3)cc3ccccc3c21. The van der Waals surface area contributed by atoms with Crippen LogP contribution in [0.15, 0.2) is 188 Å². The molecule has 0 fully saturated rings. The van der Waals surface area contributed by atoms with Gasteiger partial charge in [-0.05, 0) is 109 Å². The van der Waals surface area contributed by atoms with Crippen molar-refractivity contribution >= 4 is 27.8 Å². The maximum atomic E-state index is 2.42. The molecule has 0 amide bonds. The number of anilines is 3. The highest BCUT2D eigenvalue weighted by Gasteiger charge is 2.39. The zero-order valence-corrected chi connectivity index (χ0v) is 28.3. The van der Waals surface area contributed by atoms with Crippen LogP contribution in [0.4, 0.5) is 17.1 Å². The largest absolute Gasteiger partial charge is 0.310 e. The van der Waals surface area contributed by atoms with Gasteiger partial charge in [-0.3, -0.25) is 0 Å². The van der Waals surface area contributed by atoms with Gasteiger partial charge in [0.1, 0.15) is 0 Å². The van der Waals surface area contributed by atoms with Crippen LogP contribution in [0.25, 0.3) is 55.3 Å². The van der Waals surface area contributed by atoms with Gasteiger partial charge in [-0.2, -0.15) is 0 Å². The van der Waals surface area contributed by atoms with E-state index in [-0.39, 0.29) is 5.41 Å². The summed E-state index contributed by atoms with van der Waals surface area (Å²) in [5, 5.41) is 2.61. The summed E-state index contributed by atoms with van der Waals surface area (Å²) in [5.74, 6) is 0. The van der Waals surface area contributed by atoms with E-state index in [4.69, 9.17) is 0 Å². The minimum atomic E-state index is -0.150. The summed E-state index contributed by atoms with van der Waals surface area (Å²) in [6.07, 6.45) is 0. The van der Waals surface area contributed by atoms with Gasteiger partial charge in [-0.1, -0.05) is 159 Å². The lowest BCUT2D eigenvalue weighted by Gasteiger charge is -2.27. The Morgan fingerprint density at radius 1 is 0.380 bits per heavy atom. The molecular weight excluding hydrogens is 603 g/mol. The Kier molecular flexibility index (Phi) is 7.21. The van der Waals surface area contributed by atoms with Gasteiger partial charge in [0.15, 0.2) is 0 Å². The van der Waals surface area contributed by atoms with E-state index in [1.807, 2.05) is 0 Å². The molecule has 8 aromatic rings. The van der Waals surface area contributed by atoms with Gasteiger partial charge in [0.25, 0.3) is 0 Å². The smallest absolute Gasteiger partial charge is 0.0468 e. The number of hydrogen-bond donors (Lipinski definition) is 0. The average Bonchev–Trinajstić information content (AvgIpc) is 3.42. The van der Waals surface area contributed by atoms with E-state index in [0.29, 0.717) is 0 Å². The average molecular weight is 640 g/mol. The fraction of sp³-hybridized carbons (Fsp3) is 0.0612. The molecule has 0 atom stereocenters. The van der Waals surface area contributed by atoms with Crippen LogP contribution in [0.3, 0.4) is 0 Å². The summed E-state index contributed by atoms with van der Waals surface area (Å²) in [7, 11) is 0. The standard InChI is InChI=1S/C49H37N/c1-49(2)46-31-30-42(33-45(46)47-44(38-16-8-4-9-17-38)32-39-18-12-13-21-43(39)48(47)49)50(40-19-10-5-11-20-40)41-28-26-37(27-29-41)36-24-22-35(23-25-36)34-14-6-3-7-15-34/h3-33H,1-2H3. The van der Waals surface area contributed by atoms with Crippen molar-refractivity contribution in [3.63, 3.8) is 0 Å². The van der Waals surface area contributed by atoms with Crippen LogP contribution in [0.1, 0.15) is 25.0 Å². The highest BCUT2D eigenvalue weighted by atomic mass is 15.1. The molecular formula is C49H37N. The van der Waals surface area contributed by atoms with Gasteiger partial charge < -0.3 is 4.90 Å². The van der Waals surface area contributed by atoms with Gasteiger partial charge in [0.2, 0.25) is 0 Å². The Morgan fingerprint density at radius 3 is 1.50 bits per heavy atom. The number of para-hydroxylation sites is 1. The Labute approximate surface area is 294 Å². The van der Waals surface area contributed by atoms with Crippen molar-refractivity contribution in [3.8, 4) is 44.5 Å². The number of fused-ring (bicyclic) bond motifs is 5. The van der Waals surface area contributed by atoms with E-state index < -0.39 is 0 Å². The van der Waals surface area contributed by atoms with E-state index in [1.165, 1.54) is 66.4 Å². The second-order valence-electron chi connectivity index (χ2n) is 13.8. The topological polar surface area (TPSA) is 3.24 Å². The second-order valence-corrected chi connectivity index (χ2v) is 13.8. The predicted molar refractivity (Wildman–Crippen MR) is 213 cm³/mol. The van der Waals surface area contributed by atoms with Crippen molar-refractivity contribution in [2.45, 2.75) is 19.3 Å². The highest BCUT2D eigenvalue weighted by molar-refractivity contribution is 6.05. The van der Waals surface area contributed by atoms with Gasteiger partial charge in [-0.15, -0.1) is 0 Å². The fourth-order valence-electron chi connectivity index (χ4n) is 7.99. The van der Waals surface area contributed by atoms with Gasteiger partial charge >= 0.3 is 0 Å².